The van der Waals surface area contributed by atoms with E-state index in [9.17, 15) is 14.8 Å². The summed E-state index contributed by atoms with van der Waals surface area (Å²) in [4.78, 5) is 4.82. The SMILES string of the molecule is COc1cccc(C2(C#N)CCC(N3CCN(CC(O)COc4ccc(F)cc4)CC3)CC2)c1. The molecule has 1 heterocycles. The minimum absolute atomic E-state index is 0.189. The molecule has 0 aromatic heterocycles. The number of aliphatic hydroxyl groups excluding tert-OH is 1. The first-order chi connectivity index (χ1) is 16.5. The van der Waals surface area contributed by atoms with E-state index in [0.29, 0.717) is 18.3 Å². The molecule has 1 atom stereocenters. The summed E-state index contributed by atoms with van der Waals surface area (Å²) in [6, 6.07) is 16.9. The van der Waals surface area contributed by atoms with E-state index in [-0.39, 0.29) is 12.4 Å². The summed E-state index contributed by atoms with van der Waals surface area (Å²) in [7, 11) is 1.66. The maximum atomic E-state index is 13.0. The first-order valence-electron chi connectivity index (χ1n) is 12.1. The summed E-state index contributed by atoms with van der Waals surface area (Å²) in [6.45, 7) is 4.50. The molecule has 0 amide bonds. The van der Waals surface area contributed by atoms with Crippen LogP contribution < -0.4 is 9.47 Å². The number of rotatable bonds is 8. The lowest BCUT2D eigenvalue weighted by molar-refractivity contribution is 0.0286. The average Bonchev–Trinajstić information content (AvgIpc) is 2.89. The molecule has 0 bridgehead atoms. The molecular weight excluding hydrogens is 433 g/mol. The van der Waals surface area contributed by atoms with Crippen LogP contribution in [0.25, 0.3) is 0 Å². The van der Waals surface area contributed by atoms with Gasteiger partial charge in [-0.15, -0.1) is 0 Å². The molecule has 2 aromatic rings. The van der Waals surface area contributed by atoms with Crippen LogP contribution in [0.2, 0.25) is 0 Å². The van der Waals surface area contributed by atoms with Gasteiger partial charge in [-0.05, 0) is 67.6 Å². The molecule has 1 aliphatic heterocycles. The van der Waals surface area contributed by atoms with Crippen LogP contribution in [0.3, 0.4) is 0 Å². The van der Waals surface area contributed by atoms with E-state index in [2.05, 4.69) is 21.9 Å². The number of hydrogen-bond donors (Lipinski definition) is 1. The molecule has 2 fully saturated rings. The highest BCUT2D eigenvalue weighted by atomic mass is 19.1. The van der Waals surface area contributed by atoms with Crippen LogP contribution in [0, 0.1) is 17.1 Å². The van der Waals surface area contributed by atoms with Gasteiger partial charge in [-0.1, -0.05) is 12.1 Å². The Labute approximate surface area is 201 Å². The van der Waals surface area contributed by atoms with Crippen molar-refractivity contribution in [3.8, 4) is 17.6 Å². The second kappa shape index (κ2) is 11.2. The highest BCUT2D eigenvalue weighted by molar-refractivity contribution is 5.38. The third kappa shape index (κ3) is 5.87. The number of hydrogen-bond acceptors (Lipinski definition) is 6. The van der Waals surface area contributed by atoms with Gasteiger partial charge < -0.3 is 14.6 Å². The van der Waals surface area contributed by atoms with Crippen LogP contribution in [0.15, 0.2) is 48.5 Å². The van der Waals surface area contributed by atoms with E-state index in [4.69, 9.17) is 9.47 Å². The Morgan fingerprint density at radius 3 is 2.44 bits per heavy atom. The van der Waals surface area contributed by atoms with Gasteiger partial charge in [0.25, 0.3) is 0 Å². The molecule has 1 aliphatic carbocycles. The first-order valence-corrected chi connectivity index (χ1v) is 12.1. The number of aliphatic hydroxyl groups is 1. The lowest BCUT2D eigenvalue weighted by Gasteiger charge is -2.44. The number of benzene rings is 2. The summed E-state index contributed by atoms with van der Waals surface area (Å²) in [5, 5.41) is 20.4. The number of ether oxygens (including phenoxy) is 2. The zero-order chi connectivity index (χ0) is 24.0. The third-order valence-corrected chi connectivity index (χ3v) is 7.29. The van der Waals surface area contributed by atoms with Gasteiger partial charge in [-0.3, -0.25) is 9.80 Å². The van der Waals surface area contributed by atoms with Crippen molar-refractivity contribution in [1.29, 1.82) is 5.26 Å². The number of methoxy groups -OCH3 is 1. The van der Waals surface area contributed by atoms with Gasteiger partial charge in [0, 0.05) is 38.8 Å². The summed E-state index contributed by atoms with van der Waals surface area (Å²) < 4.78 is 23.9. The summed E-state index contributed by atoms with van der Waals surface area (Å²) >= 11 is 0. The van der Waals surface area contributed by atoms with Gasteiger partial charge in [0.05, 0.1) is 18.6 Å². The normalized spacial score (nSPS) is 24.8. The Morgan fingerprint density at radius 1 is 1.09 bits per heavy atom. The number of piperazine rings is 1. The molecule has 2 aromatic carbocycles. The van der Waals surface area contributed by atoms with E-state index < -0.39 is 11.5 Å². The lowest BCUT2D eigenvalue weighted by atomic mass is 9.69. The fraction of sp³-hybridized carbons (Fsp3) is 0.519. The van der Waals surface area contributed by atoms with Crippen molar-refractivity contribution < 1.29 is 19.0 Å². The van der Waals surface area contributed by atoms with Crippen molar-refractivity contribution >= 4 is 0 Å². The van der Waals surface area contributed by atoms with Gasteiger partial charge in [-0.2, -0.15) is 5.26 Å². The number of halogens is 1. The van der Waals surface area contributed by atoms with Crippen molar-refractivity contribution in [3.05, 3.63) is 59.9 Å². The fourth-order valence-electron chi connectivity index (χ4n) is 5.23. The largest absolute Gasteiger partial charge is 0.497 e. The van der Waals surface area contributed by atoms with Crippen molar-refractivity contribution in [1.82, 2.24) is 9.80 Å². The van der Waals surface area contributed by atoms with E-state index >= 15 is 0 Å². The Kier molecular flexibility index (Phi) is 8.04. The van der Waals surface area contributed by atoms with Gasteiger partial charge in [0.15, 0.2) is 0 Å². The zero-order valence-electron chi connectivity index (χ0n) is 19.8. The predicted molar refractivity (Wildman–Crippen MR) is 128 cm³/mol. The van der Waals surface area contributed by atoms with Gasteiger partial charge in [0.2, 0.25) is 0 Å². The minimum Gasteiger partial charge on any atom is -0.497 e. The van der Waals surface area contributed by atoms with E-state index in [1.54, 1.807) is 19.2 Å². The molecule has 1 N–H and O–H groups in total. The van der Waals surface area contributed by atoms with E-state index in [1.165, 1.54) is 12.1 Å². The van der Waals surface area contributed by atoms with E-state index in [1.807, 2.05) is 18.2 Å². The maximum absolute atomic E-state index is 13.0. The molecule has 0 spiro atoms. The van der Waals surface area contributed by atoms with Crippen molar-refractivity contribution in [2.24, 2.45) is 0 Å². The Bertz CT molecular complexity index is 962. The Balaban J connectivity index is 1.22. The molecular formula is C27H34FN3O3. The first kappa shape index (κ1) is 24.5. The van der Waals surface area contributed by atoms with Crippen LogP contribution in [-0.4, -0.2) is 73.5 Å². The van der Waals surface area contributed by atoms with Gasteiger partial charge in [-0.25, -0.2) is 4.39 Å². The predicted octanol–water partition coefficient (Wildman–Crippen LogP) is 3.60. The zero-order valence-corrected chi connectivity index (χ0v) is 19.8. The highest BCUT2D eigenvalue weighted by Gasteiger charge is 2.39. The van der Waals surface area contributed by atoms with Crippen LogP contribution in [0.5, 0.6) is 11.5 Å². The van der Waals surface area contributed by atoms with Crippen LogP contribution in [-0.2, 0) is 5.41 Å². The molecule has 7 heteroatoms. The number of nitriles is 1. The highest BCUT2D eigenvalue weighted by Crippen LogP contribution is 2.41. The molecule has 0 radical (unpaired) electrons. The quantitative estimate of drug-likeness (QED) is 0.640. The topological polar surface area (TPSA) is 69.0 Å². The molecule has 2 aliphatic rings. The molecule has 1 saturated heterocycles. The van der Waals surface area contributed by atoms with Crippen LogP contribution in [0.4, 0.5) is 4.39 Å². The Hall–Kier alpha value is -2.66. The van der Waals surface area contributed by atoms with Crippen LogP contribution in [0.1, 0.15) is 31.2 Å². The number of β-amino-alcohol motifs (C(OH)–C–C–N with tert-alkyl or cyclic N) is 1. The van der Waals surface area contributed by atoms with Gasteiger partial charge >= 0.3 is 0 Å². The van der Waals surface area contributed by atoms with Gasteiger partial charge in [0.1, 0.15) is 30.0 Å². The van der Waals surface area contributed by atoms with Crippen molar-refractivity contribution in [2.75, 3.05) is 46.4 Å². The fourth-order valence-corrected chi connectivity index (χ4v) is 5.23. The number of nitrogens with zero attached hydrogens (tertiary/aromatic N) is 3. The molecule has 182 valence electrons. The van der Waals surface area contributed by atoms with Crippen molar-refractivity contribution in [3.63, 3.8) is 0 Å². The smallest absolute Gasteiger partial charge is 0.123 e. The molecule has 1 unspecified atom stereocenters. The summed E-state index contributed by atoms with van der Waals surface area (Å²) in [5.41, 5.74) is 0.635. The lowest BCUT2D eigenvalue weighted by Crippen LogP contribution is -2.53. The molecule has 6 nitrogen and oxygen atoms in total. The average molecular weight is 468 g/mol. The second-order valence-electron chi connectivity index (χ2n) is 9.41. The third-order valence-electron chi connectivity index (χ3n) is 7.29. The summed E-state index contributed by atoms with van der Waals surface area (Å²) in [6.07, 6.45) is 3.16. The van der Waals surface area contributed by atoms with E-state index in [0.717, 1.165) is 63.2 Å². The molecule has 34 heavy (non-hydrogen) atoms. The standard InChI is InChI=1S/C27H34FN3O3/c1-33-26-4-2-3-21(17-26)27(20-29)11-9-23(10-12-27)31-15-13-30(14-16-31)18-24(32)19-34-25-7-5-22(28)6-8-25/h2-8,17,23-24,32H,9-16,18-19H2,1H3. The summed E-state index contributed by atoms with van der Waals surface area (Å²) in [5.74, 6) is 1.06. The monoisotopic (exact) mass is 467 g/mol. The molecule has 4 rings (SSSR count). The maximum Gasteiger partial charge on any atom is 0.123 e. The molecule has 1 saturated carbocycles. The minimum atomic E-state index is -0.592. The van der Waals surface area contributed by atoms with Crippen LogP contribution >= 0.6 is 0 Å². The second-order valence-corrected chi connectivity index (χ2v) is 9.41. The Morgan fingerprint density at radius 2 is 1.79 bits per heavy atom. The van der Waals surface area contributed by atoms with Crippen molar-refractivity contribution in [2.45, 2.75) is 43.2 Å².